The normalized spacial score (nSPS) is 22.2. The van der Waals surface area contributed by atoms with E-state index in [1.54, 1.807) is 4.90 Å². The number of aliphatic hydroxyl groups excluding tert-OH is 1. The molecule has 0 bridgehead atoms. The van der Waals surface area contributed by atoms with Gasteiger partial charge in [-0.1, -0.05) is 32.1 Å². The molecular formula is C16H28N2O3. The molecule has 2 amide bonds. The Balaban J connectivity index is 1.69. The van der Waals surface area contributed by atoms with Crippen LogP contribution in [0, 0.1) is 5.92 Å². The standard InChI is InChI=1S/C16H28N2O3/c1-13(19)16(21)18-11-9-17(10-12-18)15(20)8-7-14-5-3-2-4-6-14/h13-14,19H,2-12H2,1H3. The molecule has 0 aromatic heterocycles. The lowest BCUT2D eigenvalue weighted by Crippen LogP contribution is -2.52. The summed E-state index contributed by atoms with van der Waals surface area (Å²) in [6, 6.07) is 0. The summed E-state index contributed by atoms with van der Waals surface area (Å²) < 4.78 is 0. The molecule has 5 heteroatoms. The quantitative estimate of drug-likeness (QED) is 0.853. The molecule has 1 aliphatic carbocycles. The maximum Gasteiger partial charge on any atom is 0.251 e. The fourth-order valence-corrected chi connectivity index (χ4v) is 3.40. The third-order valence-electron chi connectivity index (χ3n) is 4.79. The number of amides is 2. The van der Waals surface area contributed by atoms with E-state index in [1.165, 1.54) is 39.0 Å². The highest BCUT2D eigenvalue weighted by atomic mass is 16.3. The lowest BCUT2D eigenvalue weighted by molar-refractivity contribution is -0.144. The first-order valence-corrected chi connectivity index (χ1v) is 8.32. The van der Waals surface area contributed by atoms with Crippen LogP contribution in [0.2, 0.25) is 0 Å². The van der Waals surface area contributed by atoms with E-state index >= 15 is 0 Å². The molecule has 0 spiro atoms. The molecule has 1 aliphatic heterocycles. The summed E-state index contributed by atoms with van der Waals surface area (Å²) in [4.78, 5) is 27.4. The van der Waals surface area contributed by atoms with E-state index in [0.717, 1.165) is 12.3 Å². The molecule has 0 aromatic rings. The lowest BCUT2D eigenvalue weighted by Gasteiger charge is -2.35. The fraction of sp³-hybridized carbons (Fsp3) is 0.875. The Morgan fingerprint density at radius 3 is 2.19 bits per heavy atom. The first-order chi connectivity index (χ1) is 10.1. The lowest BCUT2D eigenvalue weighted by atomic mass is 9.86. The number of rotatable bonds is 4. The van der Waals surface area contributed by atoms with Gasteiger partial charge >= 0.3 is 0 Å². The summed E-state index contributed by atoms with van der Waals surface area (Å²) in [6.07, 6.45) is 7.27. The van der Waals surface area contributed by atoms with Crippen LogP contribution in [0.1, 0.15) is 51.9 Å². The number of piperazine rings is 1. The van der Waals surface area contributed by atoms with Crippen molar-refractivity contribution in [2.75, 3.05) is 26.2 Å². The number of hydrogen-bond donors (Lipinski definition) is 1. The Morgan fingerprint density at radius 1 is 1.05 bits per heavy atom. The third-order valence-corrected chi connectivity index (χ3v) is 4.79. The van der Waals surface area contributed by atoms with Crippen LogP contribution in [-0.4, -0.2) is 59.0 Å². The summed E-state index contributed by atoms with van der Waals surface area (Å²) in [7, 11) is 0. The average molecular weight is 296 g/mol. The molecule has 1 N–H and O–H groups in total. The smallest absolute Gasteiger partial charge is 0.251 e. The van der Waals surface area contributed by atoms with Crippen LogP contribution in [0.15, 0.2) is 0 Å². The van der Waals surface area contributed by atoms with E-state index in [1.807, 2.05) is 4.90 Å². The van der Waals surface area contributed by atoms with Crippen molar-refractivity contribution in [1.82, 2.24) is 9.80 Å². The van der Waals surface area contributed by atoms with Crippen molar-refractivity contribution in [1.29, 1.82) is 0 Å². The molecule has 1 saturated heterocycles. The zero-order valence-electron chi connectivity index (χ0n) is 13.1. The van der Waals surface area contributed by atoms with Crippen LogP contribution in [0.25, 0.3) is 0 Å². The van der Waals surface area contributed by atoms with Crippen LogP contribution in [0.4, 0.5) is 0 Å². The number of hydrogen-bond acceptors (Lipinski definition) is 3. The van der Waals surface area contributed by atoms with E-state index in [-0.39, 0.29) is 11.8 Å². The summed E-state index contributed by atoms with van der Waals surface area (Å²) in [5.41, 5.74) is 0. The van der Waals surface area contributed by atoms with Gasteiger partial charge in [-0.05, 0) is 19.3 Å². The molecular weight excluding hydrogens is 268 g/mol. The Labute approximate surface area is 127 Å². The minimum absolute atomic E-state index is 0.227. The number of carbonyl (C=O) groups is 2. The second-order valence-corrected chi connectivity index (χ2v) is 6.42. The van der Waals surface area contributed by atoms with E-state index < -0.39 is 6.10 Å². The van der Waals surface area contributed by atoms with Crippen LogP contribution in [-0.2, 0) is 9.59 Å². The minimum atomic E-state index is -0.946. The van der Waals surface area contributed by atoms with Crippen molar-refractivity contribution in [3.63, 3.8) is 0 Å². The topological polar surface area (TPSA) is 60.9 Å². The summed E-state index contributed by atoms with van der Waals surface area (Å²) in [5, 5.41) is 9.30. The molecule has 0 radical (unpaired) electrons. The van der Waals surface area contributed by atoms with E-state index in [4.69, 9.17) is 0 Å². The molecule has 5 nitrogen and oxygen atoms in total. The second-order valence-electron chi connectivity index (χ2n) is 6.42. The Kier molecular flexibility index (Phi) is 6.03. The highest BCUT2D eigenvalue weighted by Crippen LogP contribution is 2.27. The Hall–Kier alpha value is -1.10. The van der Waals surface area contributed by atoms with Gasteiger partial charge in [0, 0.05) is 32.6 Å². The first kappa shape index (κ1) is 16.3. The number of carbonyl (C=O) groups excluding carboxylic acids is 2. The zero-order valence-corrected chi connectivity index (χ0v) is 13.1. The van der Waals surface area contributed by atoms with Gasteiger partial charge in [0.25, 0.3) is 5.91 Å². The van der Waals surface area contributed by atoms with Crippen molar-refractivity contribution in [2.45, 2.75) is 58.0 Å². The van der Waals surface area contributed by atoms with Crippen LogP contribution >= 0.6 is 0 Å². The van der Waals surface area contributed by atoms with Crippen molar-refractivity contribution < 1.29 is 14.7 Å². The van der Waals surface area contributed by atoms with Crippen molar-refractivity contribution >= 4 is 11.8 Å². The summed E-state index contributed by atoms with van der Waals surface area (Å²) in [6.45, 7) is 3.77. The van der Waals surface area contributed by atoms with Gasteiger partial charge in [-0.15, -0.1) is 0 Å². The van der Waals surface area contributed by atoms with Gasteiger partial charge in [-0.2, -0.15) is 0 Å². The van der Waals surface area contributed by atoms with Gasteiger partial charge in [0.05, 0.1) is 0 Å². The van der Waals surface area contributed by atoms with Crippen LogP contribution < -0.4 is 0 Å². The van der Waals surface area contributed by atoms with Gasteiger partial charge in [-0.25, -0.2) is 0 Å². The number of nitrogens with zero attached hydrogens (tertiary/aromatic N) is 2. The highest BCUT2D eigenvalue weighted by Gasteiger charge is 2.26. The molecule has 120 valence electrons. The van der Waals surface area contributed by atoms with E-state index in [0.29, 0.717) is 32.6 Å². The maximum atomic E-state index is 12.2. The molecule has 0 aromatic carbocycles. The second kappa shape index (κ2) is 7.78. The minimum Gasteiger partial charge on any atom is -0.384 e. The first-order valence-electron chi connectivity index (χ1n) is 8.32. The van der Waals surface area contributed by atoms with Gasteiger partial charge in [-0.3, -0.25) is 9.59 Å². The molecule has 1 saturated carbocycles. The molecule has 21 heavy (non-hydrogen) atoms. The third kappa shape index (κ3) is 4.70. The summed E-state index contributed by atoms with van der Waals surface area (Å²) >= 11 is 0. The fourth-order valence-electron chi connectivity index (χ4n) is 3.40. The van der Waals surface area contributed by atoms with Crippen LogP contribution in [0.3, 0.4) is 0 Å². The monoisotopic (exact) mass is 296 g/mol. The predicted octanol–water partition coefficient (Wildman–Crippen LogP) is 1.40. The van der Waals surface area contributed by atoms with Crippen molar-refractivity contribution in [2.24, 2.45) is 5.92 Å². The zero-order chi connectivity index (χ0) is 15.2. The SMILES string of the molecule is CC(O)C(=O)N1CCN(C(=O)CCC2CCCCC2)CC1. The molecule has 2 rings (SSSR count). The van der Waals surface area contributed by atoms with Gasteiger partial charge < -0.3 is 14.9 Å². The Bertz CT molecular complexity index is 357. The molecule has 1 atom stereocenters. The number of aliphatic hydroxyl groups is 1. The largest absolute Gasteiger partial charge is 0.384 e. The van der Waals surface area contributed by atoms with E-state index in [9.17, 15) is 14.7 Å². The van der Waals surface area contributed by atoms with Crippen molar-refractivity contribution in [3.8, 4) is 0 Å². The highest BCUT2D eigenvalue weighted by molar-refractivity contribution is 5.81. The maximum absolute atomic E-state index is 12.2. The predicted molar refractivity (Wildman–Crippen MR) is 80.6 cm³/mol. The van der Waals surface area contributed by atoms with Gasteiger partial charge in [0.15, 0.2) is 0 Å². The molecule has 1 heterocycles. The van der Waals surface area contributed by atoms with Gasteiger partial charge in [0.1, 0.15) is 6.10 Å². The molecule has 2 aliphatic rings. The molecule has 1 unspecified atom stereocenters. The molecule has 2 fully saturated rings. The van der Waals surface area contributed by atoms with Crippen LogP contribution in [0.5, 0.6) is 0 Å². The summed E-state index contributed by atoms with van der Waals surface area (Å²) in [5.74, 6) is 0.731. The van der Waals surface area contributed by atoms with Crippen molar-refractivity contribution in [3.05, 3.63) is 0 Å². The van der Waals surface area contributed by atoms with Gasteiger partial charge in [0.2, 0.25) is 5.91 Å². The van der Waals surface area contributed by atoms with E-state index in [2.05, 4.69) is 0 Å². The Morgan fingerprint density at radius 2 is 1.62 bits per heavy atom. The average Bonchev–Trinajstić information content (AvgIpc) is 2.53.